The van der Waals surface area contributed by atoms with E-state index < -0.39 is 16.1 Å². The second-order valence-electron chi connectivity index (χ2n) is 7.15. The van der Waals surface area contributed by atoms with Crippen molar-refractivity contribution in [3.63, 3.8) is 0 Å². The average Bonchev–Trinajstić information content (AvgIpc) is 2.75. The van der Waals surface area contributed by atoms with Gasteiger partial charge in [0.05, 0.1) is 25.7 Å². The number of nitrogens with one attached hydrogen (secondary N) is 1. The van der Waals surface area contributed by atoms with E-state index in [0.29, 0.717) is 31.0 Å². The van der Waals surface area contributed by atoms with Gasteiger partial charge in [0.2, 0.25) is 15.9 Å². The molecular formula is C23H32N2O5S. The monoisotopic (exact) mass is 448 g/mol. The summed E-state index contributed by atoms with van der Waals surface area (Å²) in [7, 11) is -2.12. The molecule has 2 rings (SSSR count). The fraction of sp³-hybridized carbons (Fsp3) is 0.435. The molecule has 0 saturated carbocycles. The van der Waals surface area contributed by atoms with Crippen molar-refractivity contribution in [1.82, 2.24) is 5.32 Å². The molecule has 0 aliphatic rings. The summed E-state index contributed by atoms with van der Waals surface area (Å²) in [6.45, 7) is 4.83. The number of sulfonamides is 1. The molecule has 2 aromatic carbocycles. The van der Waals surface area contributed by atoms with E-state index in [-0.39, 0.29) is 5.91 Å². The van der Waals surface area contributed by atoms with E-state index in [2.05, 4.69) is 5.32 Å². The molecule has 8 heteroatoms. The Kier molecular flexibility index (Phi) is 9.18. The number of methoxy groups -OCH3 is 1. The van der Waals surface area contributed by atoms with Gasteiger partial charge < -0.3 is 14.8 Å². The highest BCUT2D eigenvalue weighted by Crippen LogP contribution is 2.25. The molecule has 0 saturated heterocycles. The summed E-state index contributed by atoms with van der Waals surface area (Å²) in [6.07, 6.45) is 3.01. The van der Waals surface area contributed by atoms with Crippen LogP contribution in [0.25, 0.3) is 0 Å². The topological polar surface area (TPSA) is 84.9 Å². The van der Waals surface area contributed by atoms with Gasteiger partial charge in [0.1, 0.15) is 17.5 Å². The quantitative estimate of drug-likeness (QED) is 0.503. The molecule has 0 heterocycles. The predicted octanol–water partition coefficient (Wildman–Crippen LogP) is 3.39. The molecule has 1 N–H and O–H groups in total. The molecule has 170 valence electrons. The van der Waals surface area contributed by atoms with Crippen LogP contribution in [0.3, 0.4) is 0 Å². The first-order valence-electron chi connectivity index (χ1n) is 10.4. The Hall–Kier alpha value is -2.74. The van der Waals surface area contributed by atoms with Gasteiger partial charge >= 0.3 is 0 Å². The van der Waals surface area contributed by atoms with Gasteiger partial charge in [-0.1, -0.05) is 19.1 Å². The Morgan fingerprint density at radius 1 is 1.03 bits per heavy atom. The molecule has 0 fully saturated rings. The molecule has 0 aliphatic heterocycles. The number of carbonyl (C=O) groups is 1. The minimum Gasteiger partial charge on any atom is -0.497 e. The van der Waals surface area contributed by atoms with E-state index in [9.17, 15) is 13.2 Å². The zero-order chi connectivity index (χ0) is 22.9. The van der Waals surface area contributed by atoms with Gasteiger partial charge in [-0.15, -0.1) is 0 Å². The van der Waals surface area contributed by atoms with Crippen LogP contribution >= 0.6 is 0 Å². The van der Waals surface area contributed by atoms with Crippen LogP contribution in [0.1, 0.15) is 32.3 Å². The Balaban J connectivity index is 1.99. The summed E-state index contributed by atoms with van der Waals surface area (Å²) in [5, 5.41) is 2.89. The van der Waals surface area contributed by atoms with Crippen molar-refractivity contribution in [2.24, 2.45) is 0 Å². The summed E-state index contributed by atoms with van der Waals surface area (Å²) < 4.78 is 36.7. The number of carbonyl (C=O) groups excluding carboxylic acids is 1. The Morgan fingerprint density at radius 3 is 2.16 bits per heavy atom. The van der Waals surface area contributed by atoms with Gasteiger partial charge in [0.25, 0.3) is 0 Å². The van der Waals surface area contributed by atoms with Gasteiger partial charge in [-0.3, -0.25) is 9.10 Å². The maximum atomic E-state index is 12.8. The summed E-state index contributed by atoms with van der Waals surface area (Å²) in [5.41, 5.74) is 1.58. The first-order valence-corrected chi connectivity index (χ1v) is 12.3. The van der Waals surface area contributed by atoms with Crippen molar-refractivity contribution in [1.29, 1.82) is 0 Å². The highest BCUT2D eigenvalue weighted by Gasteiger charge is 2.31. The van der Waals surface area contributed by atoms with Crippen molar-refractivity contribution in [3.05, 3.63) is 54.1 Å². The van der Waals surface area contributed by atoms with Crippen molar-refractivity contribution >= 4 is 21.6 Å². The van der Waals surface area contributed by atoms with Crippen LogP contribution in [0.4, 0.5) is 5.69 Å². The molecule has 1 amide bonds. The van der Waals surface area contributed by atoms with E-state index >= 15 is 0 Å². The van der Waals surface area contributed by atoms with Crippen LogP contribution in [-0.4, -0.2) is 46.9 Å². The Morgan fingerprint density at radius 2 is 1.65 bits per heavy atom. The molecule has 0 aromatic heterocycles. The van der Waals surface area contributed by atoms with Gasteiger partial charge in [0, 0.05) is 6.54 Å². The summed E-state index contributed by atoms with van der Waals surface area (Å²) in [6, 6.07) is 13.7. The Bertz CT molecular complexity index is 927. The first kappa shape index (κ1) is 24.5. The van der Waals surface area contributed by atoms with Crippen LogP contribution in [0.5, 0.6) is 11.5 Å². The number of nitrogens with zero attached hydrogens (tertiary/aromatic N) is 1. The van der Waals surface area contributed by atoms with E-state index in [4.69, 9.17) is 9.47 Å². The lowest BCUT2D eigenvalue weighted by atomic mass is 10.1. The second-order valence-corrected chi connectivity index (χ2v) is 9.01. The number of amides is 1. The van der Waals surface area contributed by atoms with Gasteiger partial charge in [-0.25, -0.2) is 8.42 Å². The summed E-state index contributed by atoms with van der Waals surface area (Å²) in [4.78, 5) is 12.8. The van der Waals surface area contributed by atoms with Gasteiger partial charge in [-0.05, 0) is 68.1 Å². The first-order chi connectivity index (χ1) is 14.8. The number of anilines is 1. The third kappa shape index (κ3) is 7.17. The van der Waals surface area contributed by atoms with Gasteiger partial charge in [-0.2, -0.15) is 0 Å². The zero-order valence-electron chi connectivity index (χ0n) is 18.6. The number of aryl methyl sites for hydroxylation is 1. The average molecular weight is 449 g/mol. The number of hydrogen-bond donors (Lipinski definition) is 1. The number of benzene rings is 2. The van der Waals surface area contributed by atoms with Gasteiger partial charge in [0.15, 0.2) is 0 Å². The largest absolute Gasteiger partial charge is 0.497 e. The third-order valence-corrected chi connectivity index (χ3v) is 6.01. The smallest absolute Gasteiger partial charge is 0.243 e. The van der Waals surface area contributed by atoms with E-state index in [0.717, 1.165) is 30.4 Å². The van der Waals surface area contributed by atoms with Crippen LogP contribution in [0.2, 0.25) is 0 Å². The number of rotatable bonds is 12. The van der Waals surface area contributed by atoms with E-state index in [1.807, 2.05) is 31.2 Å². The van der Waals surface area contributed by atoms with Crippen LogP contribution in [0, 0.1) is 0 Å². The summed E-state index contributed by atoms with van der Waals surface area (Å²) in [5.74, 6) is 1.14. The second kappa shape index (κ2) is 11.6. The van der Waals surface area contributed by atoms with Crippen LogP contribution in [0.15, 0.2) is 48.5 Å². The predicted molar refractivity (Wildman–Crippen MR) is 123 cm³/mol. The molecule has 2 aromatic rings. The molecular weight excluding hydrogens is 416 g/mol. The number of ether oxygens (including phenoxy) is 2. The highest BCUT2D eigenvalue weighted by molar-refractivity contribution is 7.92. The third-order valence-electron chi connectivity index (χ3n) is 4.83. The molecule has 0 spiro atoms. The summed E-state index contributed by atoms with van der Waals surface area (Å²) >= 11 is 0. The normalized spacial score (nSPS) is 12.1. The van der Waals surface area contributed by atoms with Crippen LogP contribution in [-0.2, 0) is 21.2 Å². The molecule has 0 unspecified atom stereocenters. The van der Waals surface area contributed by atoms with E-state index in [1.165, 1.54) is 4.31 Å². The van der Waals surface area contributed by atoms with Crippen molar-refractivity contribution in [2.45, 2.75) is 39.2 Å². The fourth-order valence-corrected chi connectivity index (χ4v) is 4.54. The molecule has 7 nitrogen and oxygen atoms in total. The fourth-order valence-electron chi connectivity index (χ4n) is 3.33. The highest BCUT2D eigenvalue weighted by atomic mass is 32.2. The Labute approximate surface area is 185 Å². The minimum absolute atomic E-state index is 0.310. The maximum absolute atomic E-state index is 12.8. The van der Waals surface area contributed by atoms with Crippen LogP contribution < -0.4 is 19.1 Å². The molecule has 1 atom stereocenters. The maximum Gasteiger partial charge on any atom is 0.243 e. The SMILES string of the molecule is CCOc1ccc(CCCNC(=O)[C@@H](CC)N(c2ccc(OC)cc2)S(C)(=O)=O)cc1. The molecule has 0 aliphatic carbocycles. The molecule has 0 bridgehead atoms. The minimum atomic E-state index is -3.66. The van der Waals surface area contributed by atoms with E-state index in [1.54, 1.807) is 38.3 Å². The van der Waals surface area contributed by atoms with Crippen molar-refractivity contribution < 1.29 is 22.7 Å². The lowest BCUT2D eigenvalue weighted by Crippen LogP contribution is -2.49. The zero-order valence-corrected chi connectivity index (χ0v) is 19.4. The lowest BCUT2D eigenvalue weighted by Gasteiger charge is -2.30. The number of hydrogen-bond acceptors (Lipinski definition) is 5. The van der Waals surface area contributed by atoms with Crippen molar-refractivity contribution in [3.8, 4) is 11.5 Å². The van der Waals surface area contributed by atoms with Crippen molar-refractivity contribution in [2.75, 3.05) is 30.8 Å². The lowest BCUT2D eigenvalue weighted by molar-refractivity contribution is -0.122. The molecule has 31 heavy (non-hydrogen) atoms. The standard InChI is InChI=1S/C23H32N2O5S/c1-5-22(25(31(4,27)28)19-11-15-20(29-3)16-12-19)23(26)24-17-7-8-18-9-13-21(14-10-18)30-6-2/h9-16,22H,5-8,17H2,1-4H3,(H,24,26)/t22-/m1/s1. The molecule has 0 radical (unpaired) electrons.